The first kappa shape index (κ1) is 13.6. The first-order valence-corrected chi connectivity index (χ1v) is 6.86. The summed E-state index contributed by atoms with van der Waals surface area (Å²) >= 11 is 5.86. The summed E-state index contributed by atoms with van der Waals surface area (Å²) in [4.78, 5) is 4.40. The molecule has 0 saturated carbocycles. The minimum atomic E-state index is 0.220. The van der Waals surface area contributed by atoms with E-state index in [0.717, 1.165) is 16.7 Å². The van der Waals surface area contributed by atoms with Crippen LogP contribution in [0.3, 0.4) is 0 Å². The lowest BCUT2D eigenvalue weighted by atomic mass is 10.1. The molecule has 21 heavy (non-hydrogen) atoms. The zero-order valence-electron chi connectivity index (χ0n) is 11.4. The molecule has 106 valence electrons. The van der Waals surface area contributed by atoms with Crippen LogP contribution in [0, 0.1) is 6.92 Å². The SMILES string of the molecule is Cc1cc(O)ccc1-c1nc(Cc2ccc(Cl)cc2)no1. The second-order valence-corrected chi connectivity index (χ2v) is 5.25. The minimum absolute atomic E-state index is 0.220. The van der Waals surface area contributed by atoms with Crippen LogP contribution in [0.4, 0.5) is 0 Å². The average Bonchev–Trinajstić information content (AvgIpc) is 2.90. The van der Waals surface area contributed by atoms with E-state index in [1.165, 1.54) is 0 Å². The van der Waals surface area contributed by atoms with Gasteiger partial charge in [-0.1, -0.05) is 28.9 Å². The van der Waals surface area contributed by atoms with Crippen LogP contribution >= 0.6 is 11.6 Å². The van der Waals surface area contributed by atoms with Crippen molar-refractivity contribution in [2.75, 3.05) is 0 Å². The molecule has 0 aliphatic rings. The van der Waals surface area contributed by atoms with E-state index in [9.17, 15) is 5.11 Å². The van der Waals surface area contributed by atoms with Crippen LogP contribution in [0.1, 0.15) is 17.0 Å². The predicted octanol–water partition coefficient (Wildman–Crippen LogP) is 3.99. The van der Waals surface area contributed by atoms with Crippen molar-refractivity contribution in [2.24, 2.45) is 0 Å². The van der Waals surface area contributed by atoms with Crippen molar-refractivity contribution in [1.82, 2.24) is 10.1 Å². The largest absolute Gasteiger partial charge is 0.508 e. The summed E-state index contributed by atoms with van der Waals surface area (Å²) in [6.07, 6.45) is 0.581. The Bertz CT molecular complexity index is 766. The van der Waals surface area contributed by atoms with Crippen LogP contribution < -0.4 is 0 Å². The van der Waals surface area contributed by atoms with Crippen molar-refractivity contribution in [3.8, 4) is 17.2 Å². The Balaban J connectivity index is 1.84. The number of aromatic hydroxyl groups is 1. The topological polar surface area (TPSA) is 59.2 Å². The van der Waals surface area contributed by atoms with E-state index in [4.69, 9.17) is 16.1 Å². The molecule has 0 aliphatic carbocycles. The average molecular weight is 301 g/mol. The van der Waals surface area contributed by atoms with E-state index >= 15 is 0 Å². The van der Waals surface area contributed by atoms with Gasteiger partial charge >= 0.3 is 0 Å². The summed E-state index contributed by atoms with van der Waals surface area (Å²) < 4.78 is 5.30. The minimum Gasteiger partial charge on any atom is -0.508 e. The molecule has 0 spiro atoms. The summed E-state index contributed by atoms with van der Waals surface area (Å²) in [5.74, 6) is 1.29. The molecule has 0 saturated heterocycles. The predicted molar refractivity (Wildman–Crippen MR) is 80.4 cm³/mol. The number of hydrogen-bond donors (Lipinski definition) is 1. The van der Waals surface area contributed by atoms with Crippen molar-refractivity contribution in [3.63, 3.8) is 0 Å². The number of halogens is 1. The van der Waals surface area contributed by atoms with Crippen LogP contribution in [0.25, 0.3) is 11.5 Å². The van der Waals surface area contributed by atoms with Gasteiger partial charge in [-0.2, -0.15) is 4.98 Å². The van der Waals surface area contributed by atoms with Crippen molar-refractivity contribution in [2.45, 2.75) is 13.3 Å². The normalized spacial score (nSPS) is 10.8. The Kier molecular flexibility index (Phi) is 3.62. The number of phenols is 1. The molecule has 1 aromatic heterocycles. The van der Waals surface area contributed by atoms with E-state index < -0.39 is 0 Å². The molecule has 0 radical (unpaired) electrons. The van der Waals surface area contributed by atoms with Crippen LogP contribution in [0.5, 0.6) is 5.75 Å². The van der Waals surface area contributed by atoms with Crippen molar-refractivity contribution in [3.05, 3.63) is 64.4 Å². The monoisotopic (exact) mass is 300 g/mol. The lowest BCUT2D eigenvalue weighted by Crippen LogP contribution is -1.90. The maximum atomic E-state index is 9.43. The Morgan fingerprint density at radius 3 is 2.62 bits per heavy atom. The van der Waals surface area contributed by atoms with E-state index in [1.54, 1.807) is 18.2 Å². The summed E-state index contributed by atoms with van der Waals surface area (Å²) in [5.41, 5.74) is 2.77. The van der Waals surface area contributed by atoms with Crippen LogP contribution in [-0.2, 0) is 6.42 Å². The molecular formula is C16H13ClN2O2. The van der Waals surface area contributed by atoms with Gasteiger partial charge in [0.1, 0.15) is 5.75 Å². The highest BCUT2D eigenvalue weighted by Crippen LogP contribution is 2.25. The number of hydrogen-bond acceptors (Lipinski definition) is 4. The molecule has 2 aromatic carbocycles. The molecule has 0 fully saturated rings. The third kappa shape index (κ3) is 3.06. The third-order valence-corrected chi connectivity index (χ3v) is 3.44. The molecule has 5 heteroatoms. The molecular weight excluding hydrogens is 288 g/mol. The van der Waals surface area contributed by atoms with Gasteiger partial charge in [0.05, 0.1) is 0 Å². The highest BCUT2D eigenvalue weighted by Gasteiger charge is 2.12. The molecule has 0 atom stereocenters. The van der Waals surface area contributed by atoms with Gasteiger partial charge in [0.25, 0.3) is 5.89 Å². The van der Waals surface area contributed by atoms with Crippen molar-refractivity contribution in [1.29, 1.82) is 0 Å². The van der Waals surface area contributed by atoms with Crippen molar-refractivity contribution >= 4 is 11.6 Å². The highest BCUT2D eigenvalue weighted by molar-refractivity contribution is 6.30. The maximum absolute atomic E-state index is 9.43. The van der Waals surface area contributed by atoms with Gasteiger partial charge in [-0.15, -0.1) is 0 Å². The Morgan fingerprint density at radius 2 is 1.90 bits per heavy atom. The number of aromatic nitrogens is 2. The summed E-state index contributed by atoms with van der Waals surface area (Å²) in [6, 6.07) is 12.6. The molecule has 3 rings (SSSR count). The van der Waals surface area contributed by atoms with Gasteiger partial charge in [-0.05, 0) is 48.4 Å². The first-order valence-electron chi connectivity index (χ1n) is 6.49. The van der Waals surface area contributed by atoms with Gasteiger partial charge in [0.15, 0.2) is 5.82 Å². The lowest BCUT2D eigenvalue weighted by molar-refractivity contribution is 0.423. The second kappa shape index (κ2) is 5.58. The van der Waals surface area contributed by atoms with Gasteiger partial charge in [0.2, 0.25) is 0 Å². The number of nitrogens with zero attached hydrogens (tertiary/aromatic N) is 2. The highest BCUT2D eigenvalue weighted by atomic mass is 35.5. The molecule has 1 heterocycles. The Labute approximate surface area is 127 Å². The fourth-order valence-electron chi connectivity index (χ4n) is 2.11. The quantitative estimate of drug-likeness (QED) is 0.794. The van der Waals surface area contributed by atoms with Gasteiger partial charge < -0.3 is 9.63 Å². The zero-order chi connectivity index (χ0) is 14.8. The van der Waals surface area contributed by atoms with Crippen LogP contribution in [0.15, 0.2) is 47.0 Å². The second-order valence-electron chi connectivity index (χ2n) is 4.82. The fourth-order valence-corrected chi connectivity index (χ4v) is 2.23. The number of phenolic OH excluding ortho intramolecular Hbond substituents is 1. The van der Waals surface area contributed by atoms with E-state index in [0.29, 0.717) is 23.2 Å². The van der Waals surface area contributed by atoms with Gasteiger partial charge in [0, 0.05) is 17.0 Å². The zero-order valence-corrected chi connectivity index (χ0v) is 12.1. The molecule has 1 N–H and O–H groups in total. The van der Waals surface area contributed by atoms with Gasteiger partial charge in [-0.25, -0.2) is 0 Å². The molecule has 4 nitrogen and oxygen atoms in total. The van der Waals surface area contributed by atoms with Crippen LogP contribution in [-0.4, -0.2) is 15.2 Å². The fraction of sp³-hybridized carbons (Fsp3) is 0.125. The molecule has 0 aliphatic heterocycles. The number of benzene rings is 2. The smallest absolute Gasteiger partial charge is 0.258 e. The van der Waals surface area contributed by atoms with E-state index in [1.807, 2.05) is 31.2 Å². The summed E-state index contributed by atoms with van der Waals surface area (Å²) in [5, 5.41) is 14.1. The number of rotatable bonds is 3. The summed E-state index contributed by atoms with van der Waals surface area (Å²) in [7, 11) is 0. The molecule has 3 aromatic rings. The first-order chi connectivity index (χ1) is 10.1. The number of aryl methyl sites for hydroxylation is 1. The molecule has 0 unspecified atom stereocenters. The standard InChI is InChI=1S/C16H13ClN2O2/c1-10-8-13(20)6-7-14(10)16-18-15(19-21-16)9-11-2-4-12(17)5-3-11/h2-8,20H,9H2,1H3. The van der Waals surface area contributed by atoms with E-state index in [-0.39, 0.29) is 5.75 Å². The third-order valence-electron chi connectivity index (χ3n) is 3.18. The molecule has 0 amide bonds. The van der Waals surface area contributed by atoms with Gasteiger partial charge in [-0.3, -0.25) is 0 Å². The summed E-state index contributed by atoms with van der Waals surface area (Å²) in [6.45, 7) is 1.89. The van der Waals surface area contributed by atoms with Crippen LogP contribution in [0.2, 0.25) is 5.02 Å². The Morgan fingerprint density at radius 1 is 1.14 bits per heavy atom. The van der Waals surface area contributed by atoms with E-state index in [2.05, 4.69) is 10.1 Å². The Hall–Kier alpha value is -2.33. The lowest BCUT2D eigenvalue weighted by Gasteiger charge is -2.00. The maximum Gasteiger partial charge on any atom is 0.258 e. The molecule has 0 bridgehead atoms. The van der Waals surface area contributed by atoms with Crippen molar-refractivity contribution < 1.29 is 9.63 Å².